The molecule has 2 aromatic carbocycles. The van der Waals surface area contributed by atoms with Crippen LogP contribution in [0.2, 0.25) is 15.1 Å². The molecule has 0 saturated carbocycles. The summed E-state index contributed by atoms with van der Waals surface area (Å²) >= 11 is 18.7. The number of halogens is 3. The summed E-state index contributed by atoms with van der Waals surface area (Å²) in [5.41, 5.74) is 2.18. The van der Waals surface area contributed by atoms with E-state index < -0.39 is 0 Å². The maximum atomic E-state index is 6.30. The molecule has 0 aliphatic carbocycles. The van der Waals surface area contributed by atoms with Gasteiger partial charge in [0, 0.05) is 27.5 Å². The van der Waals surface area contributed by atoms with E-state index in [9.17, 15) is 0 Å². The predicted octanol–water partition coefficient (Wildman–Crippen LogP) is 5.58. The van der Waals surface area contributed by atoms with Gasteiger partial charge in [0.25, 0.3) is 0 Å². The third-order valence-corrected chi connectivity index (χ3v) is 4.42. The van der Waals surface area contributed by atoms with Gasteiger partial charge in [0.1, 0.15) is 0 Å². The van der Waals surface area contributed by atoms with Crippen molar-refractivity contribution in [1.82, 2.24) is 5.32 Å². The van der Waals surface area contributed by atoms with Crippen molar-refractivity contribution in [2.45, 2.75) is 19.3 Å². The van der Waals surface area contributed by atoms with Crippen molar-refractivity contribution in [2.75, 3.05) is 13.1 Å². The molecule has 0 aliphatic rings. The Morgan fingerprint density at radius 2 is 1.67 bits per heavy atom. The minimum absolute atomic E-state index is 0.279. The lowest BCUT2D eigenvalue weighted by Crippen LogP contribution is -2.23. The first-order chi connectivity index (χ1) is 10.1. The second-order valence-electron chi connectivity index (χ2n) is 4.96. The fraction of sp³-hybridized carbons (Fsp3) is 0.294. The molecule has 1 unspecified atom stereocenters. The first-order valence-corrected chi connectivity index (χ1v) is 8.14. The van der Waals surface area contributed by atoms with Crippen LogP contribution in [0, 0.1) is 0 Å². The van der Waals surface area contributed by atoms with Crippen molar-refractivity contribution in [3.63, 3.8) is 0 Å². The summed E-state index contributed by atoms with van der Waals surface area (Å²) < 4.78 is 0. The third-order valence-electron chi connectivity index (χ3n) is 3.47. The molecule has 2 aromatic rings. The Kier molecular flexibility index (Phi) is 6.38. The number of hydrogen-bond donors (Lipinski definition) is 1. The molecule has 0 aliphatic heterocycles. The molecule has 0 saturated heterocycles. The van der Waals surface area contributed by atoms with E-state index in [1.807, 2.05) is 36.4 Å². The lowest BCUT2D eigenvalue weighted by Gasteiger charge is -2.19. The van der Waals surface area contributed by atoms with Crippen molar-refractivity contribution in [3.8, 4) is 0 Å². The lowest BCUT2D eigenvalue weighted by molar-refractivity contribution is 0.595. The summed E-state index contributed by atoms with van der Waals surface area (Å²) in [5.74, 6) is 0.279. The van der Waals surface area contributed by atoms with Crippen LogP contribution in [0.25, 0.3) is 0 Å². The van der Waals surface area contributed by atoms with Crippen LogP contribution >= 0.6 is 34.8 Å². The summed E-state index contributed by atoms with van der Waals surface area (Å²) in [7, 11) is 0. The predicted molar refractivity (Wildman–Crippen MR) is 92.9 cm³/mol. The SMILES string of the molecule is CCNCC(Cc1c(Cl)cccc1Cl)c1cccc(Cl)c1. The molecule has 112 valence electrons. The molecule has 2 rings (SSSR count). The van der Waals surface area contributed by atoms with Crippen LogP contribution < -0.4 is 5.32 Å². The molecule has 0 radical (unpaired) electrons. The van der Waals surface area contributed by atoms with Crippen molar-refractivity contribution in [1.29, 1.82) is 0 Å². The summed E-state index contributed by atoms with van der Waals surface area (Å²) in [5, 5.41) is 5.57. The molecular weight excluding hydrogens is 325 g/mol. The highest BCUT2D eigenvalue weighted by atomic mass is 35.5. The van der Waals surface area contributed by atoms with Crippen LogP contribution in [0.15, 0.2) is 42.5 Å². The Balaban J connectivity index is 2.28. The van der Waals surface area contributed by atoms with Gasteiger partial charge in [-0.3, -0.25) is 0 Å². The van der Waals surface area contributed by atoms with E-state index in [1.165, 1.54) is 5.56 Å². The van der Waals surface area contributed by atoms with Crippen molar-refractivity contribution < 1.29 is 0 Å². The van der Waals surface area contributed by atoms with Crippen LogP contribution in [-0.2, 0) is 6.42 Å². The van der Waals surface area contributed by atoms with Gasteiger partial charge in [-0.25, -0.2) is 0 Å². The van der Waals surface area contributed by atoms with Crippen LogP contribution in [0.3, 0.4) is 0 Å². The lowest BCUT2D eigenvalue weighted by atomic mass is 9.91. The monoisotopic (exact) mass is 341 g/mol. The Bertz CT molecular complexity index is 578. The molecule has 1 nitrogen and oxygen atoms in total. The average Bonchev–Trinajstić information content (AvgIpc) is 2.46. The number of hydrogen-bond acceptors (Lipinski definition) is 1. The zero-order valence-corrected chi connectivity index (χ0v) is 14.1. The van der Waals surface area contributed by atoms with Gasteiger partial charge < -0.3 is 5.32 Å². The minimum Gasteiger partial charge on any atom is -0.316 e. The highest BCUT2D eigenvalue weighted by Crippen LogP contribution is 2.31. The van der Waals surface area contributed by atoms with Crippen molar-refractivity contribution in [2.24, 2.45) is 0 Å². The van der Waals surface area contributed by atoms with Crippen molar-refractivity contribution in [3.05, 3.63) is 68.7 Å². The number of nitrogens with one attached hydrogen (secondary N) is 1. The van der Waals surface area contributed by atoms with E-state index in [0.29, 0.717) is 10.0 Å². The van der Waals surface area contributed by atoms with Gasteiger partial charge in [-0.05, 0) is 48.4 Å². The van der Waals surface area contributed by atoms with Gasteiger partial charge in [-0.1, -0.05) is 59.9 Å². The molecule has 4 heteroatoms. The summed E-state index contributed by atoms with van der Waals surface area (Å²) in [6.07, 6.45) is 0.784. The Labute approximate surface area is 141 Å². The van der Waals surface area contributed by atoms with Gasteiger partial charge in [0.05, 0.1) is 0 Å². The zero-order valence-electron chi connectivity index (χ0n) is 11.9. The number of benzene rings is 2. The van der Waals surface area contributed by atoms with Gasteiger partial charge in [-0.15, -0.1) is 0 Å². The standard InChI is InChI=1S/C17H18Cl3N/c1-2-21-11-13(12-5-3-6-14(18)9-12)10-15-16(19)7-4-8-17(15)20/h3-9,13,21H,2,10-11H2,1H3. The Hall–Kier alpha value is -0.730. The van der Waals surface area contributed by atoms with Gasteiger partial charge in [-0.2, -0.15) is 0 Å². The highest BCUT2D eigenvalue weighted by Gasteiger charge is 2.16. The van der Waals surface area contributed by atoms with Crippen LogP contribution in [0.1, 0.15) is 24.0 Å². The fourth-order valence-electron chi connectivity index (χ4n) is 2.36. The Morgan fingerprint density at radius 3 is 2.29 bits per heavy atom. The first kappa shape index (κ1) is 16.6. The summed E-state index contributed by atoms with van der Waals surface area (Å²) in [4.78, 5) is 0. The molecule has 0 fully saturated rings. The fourth-order valence-corrected chi connectivity index (χ4v) is 3.11. The molecular formula is C17H18Cl3N. The summed E-state index contributed by atoms with van der Waals surface area (Å²) in [6.45, 7) is 3.88. The van der Waals surface area contributed by atoms with Gasteiger partial charge in [0.15, 0.2) is 0 Å². The van der Waals surface area contributed by atoms with E-state index in [0.717, 1.165) is 30.1 Å². The first-order valence-electron chi connectivity index (χ1n) is 7.01. The van der Waals surface area contributed by atoms with Crippen molar-refractivity contribution >= 4 is 34.8 Å². The molecule has 0 spiro atoms. The van der Waals surface area contributed by atoms with E-state index in [2.05, 4.69) is 18.3 Å². The molecule has 0 heterocycles. The zero-order chi connectivity index (χ0) is 15.2. The molecule has 0 aromatic heterocycles. The maximum Gasteiger partial charge on any atom is 0.0453 e. The minimum atomic E-state index is 0.279. The van der Waals surface area contributed by atoms with Gasteiger partial charge >= 0.3 is 0 Å². The second kappa shape index (κ2) is 8.05. The van der Waals surface area contributed by atoms with E-state index >= 15 is 0 Å². The maximum absolute atomic E-state index is 6.30. The molecule has 1 atom stereocenters. The highest BCUT2D eigenvalue weighted by molar-refractivity contribution is 6.36. The molecule has 0 amide bonds. The topological polar surface area (TPSA) is 12.0 Å². The Morgan fingerprint density at radius 1 is 1.00 bits per heavy atom. The third kappa shape index (κ3) is 4.62. The van der Waals surface area contributed by atoms with Gasteiger partial charge in [0.2, 0.25) is 0 Å². The number of rotatable bonds is 6. The second-order valence-corrected chi connectivity index (χ2v) is 6.21. The van der Waals surface area contributed by atoms with Crippen LogP contribution in [-0.4, -0.2) is 13.1 Å². The molecule has 0 bridgehead atoms. The summed E-state index contributed by atoms with van der Waals surface area (Å²) in [6, 6.07) is 13.6. The molecule has 21 heavy (non-hydrogen) atoms. The van der Waals surface area contributed by atoms with E-state index in [4.69, 9.17) is 34.8 Å². The average molecular weight is 343 g/mol. The van der Waals surface area contributed by atoms with E-state index in [1.54, 1.807) is 0 Å². The molecule has 1 N–H and O–H groups in total. The smallest absolute Gasteiger partial charge is 0.0453 e. The largest absolute Gasteiger partial charge is 0.316 e. The quantitative estimate of drug-likeness (QED) is 0.722. The van der Waals surface area contributed by atoms with E-state index in [-0.39, 0.29) is 5.92 Å². The number of likely N-dealkylation sites (N-methyl/N-ethyl adjacent to an activating group) is 1. The normalized spacial score (nSPS) is 12.4. The van der Waals surface area contributed by atoms with Crippen LogP contribution in [0.4, 0.5) is 0 Å². The van der Waals surface area contributed by atoms with Crippen LogP contribution in [0.5, 0.6) is 0 Å².